The summed E-state index contributed by atoms with van der Waals surface area (Å²) >= 11 is 0. The van der Waals surface area contributed by atoms with Crippen LogP contribution in [0.2, 0.25) is 0 Å². The summed E-state index contributed by atoms with van der Waals surface area (Å²) in [5, 5.41) is 0. The van der Waals surface area contributed by atoms with E-state index in [2.05, 4.69) is 18.0 Å². The Balaban J connectivity index is 1.85. The minimum Gasteiger partial charge on any atom is -0.485 e. The van der Waals surface area contributed by atoms with Crippen molar-refractivity contribution in [2.45, 2.75) is 31.4 Å². The highest BCUT2D eigenvalue weighted by atomic mass is 16.5. The molecule has 0 radical (unpaired) electrons. The van der Waals surface area contributed by atoms with Crippen LogP contribution in [0.4, 0.5) is 0 Å². The first kappa shape index (κ1) is 16.3. The third-order valence-electron chi connectivity index (χ3n) is 4.91. The minimum absolute atomic E-state index is 0.144. The number of piperidine rings is 1. The Kier molecular flexibility index (Phi) is 4.87. The van der Waals surface area contributed by atoms with E-state index in [-0.39, 0.29) is 11.5 Å². The largest absolute Gasteiger partial charge is 0.485 e. The van der Waals surface area contributed by atoms with Crippen molar-refractivity contribution in [1.82, 2.24) is 9.80 Å². The van der Waals surface area contributed by atoms with Gasteiger partial charge in [-0.3, -0.25) is 4.79 Å². The van der Waals surface area contributed by atoms with Crippen molar-refractivity contribution in [2.75, 3.05) is 40.4 Å². The van der Waals surface area contributed by atoms with Gasteiger partial charge in [-0.05, 0) is 13.1 Å². The number of benzene rings is 1. The van der Waals surface area contributed by atoms with Gasteiger partial charge in [0.05, 0.1) is 19.6 Å². The first-order valence-electron chi connectivity index (χ1n) is 8.34. The highest BCUT2D eigenvalue weighted by Gasteiger charge is 2.41. The molecule has 0 saturated carbocycles. The van der Waals surface area contributed by atoms with E-state index in [4.69, 9.17) is 9.47 Å². The Morgan fingerprint density at radius 2 is 2.04 bits per heavy atom. The zero-order chi connectivity index (χ0) is 16.3. The Bertz CT molecular complexity index is 553. The van der Waals surface area contributed by atoms with Crippen molar-refractivity contribution in [3.05, 3.63) is 29.8 Å². The average molecular weight is 318 g/mol. The van der Waals surface area contributed by atoms with Gasteiger partial charge < -0.3 is 19.3 Å². The van der Waals surface area contributed by atoms with Crippen LogP contribution >= 0.6 is 0 Å². The zero-order valence-electron chi connectivity index (χ0n) is 14.1. The predicted octanol–water partition coefficient (Wildman–Crippen LogP) is 1.91. The molecule has 23 heavy (non-hydrogen) atoms. The van der Waals surface area contributed by atoms with Crippen molar-refractivity contribution in [3.63, 3.8) is 0 Å². The number of fused-ring (bicyclic) bond motifs is 1. The maximum Gasteiger partial charge on any atom is 0.225 e. The maximum absolute atomic E-state index is 12.6. The fourth-order valence-electron chi connectivity index (χ4n) is 3.42. The lowest BCUT2D eigenvalue weighted by atomic mass is 9.90. The van der Waals surface area contributed by atoms with Crippen LogP contribution in [0.25, 0.3) is 0 Å². The number of likely N-dealkylation sites (tertiary alicyclic amines) is 1. The molecule has 1 saturated heterocycles. The number of para-hydroxylation sites is 1. The lowest BCUT2D eigenvalue weighted by Gasteiger charge is -2.41. The van der Waals surface area contributed by atoms with Gasteiger partial charge in [-0.25, -0.2) is 0 Å². The quantitative estimate of drug-likeness (QED) is 0.854. The molecule has 1 fully saturated rings. The molecule has 1 aromatic rings. The van der Waals surface area contributed by atoms with Gasteiger partial charge >= 0.3 is 0 Å². The fraction of sp³-hybridized carbons (Fsp3) is 0.611. The van der Waals surface area contributed by atoms with Crippen molar-refractivity contribution in [3.8, 4) is 5.75 Å². The van der Waals surface area contributed by atoms with Crippen LogP contribution in [0.15, 0.2) is 24.3 Å². The van der Waals surface area contributed by atoms with Crippen LogP contribution in [0.3, 0.4) is 0 Å². The number of rotatable bonds is 3. The Morgan fingerprint density at radius 1 is 1.30 bits per heavy atom. The first-order chi connectivity index (χ1) is 11.1. The number of hydrogen-bond acceptors (Lipinski definition) is 4. The van der Waals surface area contributed by atoms with Gasteiger partial charge in [0, 0.05) is 45.1 Å². The van der Waals surface area contributed by atoms with Crippen LogP contribution in [0, 0.1) is 0 Å². The summed E-state index contributed by atoms with van der Waals surface area (Å²) in [6.45, 7) is 3.76. The Hall–Kier alpha value is -1.59. The normalized spacial score (nSPS) is 20.7. The molecule has 1 aromatic carbocycles. The average Bonchev–Trinajstić information content (AvgIpc) is 2.72. The van der Waals surface area contributed by atoms with E-state index in [1.807, 2.05) is 23.1 Å². The number of hydrogen-bond donors (Lipinski definition) is 0. The topological polar surface area (TPSA) is 42.0 Å². The van der Waals surface area contributed by atoms with E-state index in [0.29, 0.717) is 26.1 Å². The summed E-state index contributed by atoms with van der Waals surface area (Å²) in [7, 11) is 3.77. The highest BCUT2D eigenvalue weighted by molar-refractivity contribution is 5.76. The summed E-state index contributed by atoms with van der Waals surface area (Å²) in [6.07, 6.45) is 2.33. The lowest BCUT2D eigenvalue weighted by molar-refractivity contribution is -0.136. The summed E-state index contributed by atoms with van der Waals surface area (Å²) < 4.78 is 11.5. The van der Waals surface area contributed by atoms with Crippen molar-refractivity contribution >= 4 is 5.91 Å². The van der Waals surface area contributed by atoms with E-state index in [0.717, 1.165) is 37.2 Å². The molecule has 5 nitrogen and oxygen atoms in total. The number of carbonyl (C=O) groups is 1. The van der Waals surface area contributed by atoms with Crippen LogP contribution in [-0.2, 0) is 16.1 Å². The third kappa shape index (κ3) is 3.67. The fourth-order valence-corrected chi connectivity index (χ4v) is 3.42. The van der Waals surface area contributed by atoms with Crippen molar-refractivity contribution in [2.24, 2.45) is 0 Å². The molecule has 0 atom stereocenters. The number of ether oxygens (including phenoxy) is 2. The standard InChI is InChI=1S/C18H26N2O3/c1-19-10-8-18(9-11-19)14-20(17(21)7-12-22-2)13-15-5-3-4-6-16(15)23-18/h3-6H,7-14H2,1-2H3. The zero-order valence-corrected chi connectivity index (χ0v) is 14.1. The second kappa shape index (κ2) is 6.89. The molecule has 2 aliphatic heterocycles. The lowest BCUT2D eigenvalue weighted by Crippen LogP contribution is -2.53. The Morgan fingerprint density at radius 3 is 2.78 bits per heavy atom. The molecule has 126 valence electrons. The van der Waals surface area contributed by atoms with Gasteiger partial charge in [-0.15, -0.1) is 0 Å². The predicted molar refractivity (Wildman–Crippen MR) is 88.4 cm³/mol. The van der Waals surface area contributed by atoms with E-state index in [9.17, 15) is 4.79 Å². The van der Waals surface area contributed by atoms with Crippen molar-refractivity contribution in [1.29, 1.82) is 0 Å². The first-order valence-corrected chi connectivity index (χ1v) is 8.34. The molecule has 2 aliphatic rings. The summed E-state index contributed by atoms with van der Waals surface area (Å²) in [5.41, 5.74) is 0.830. The molecule has 0 unspecified atom stereocenters. The van der Waals surface area contributed by atoms with Gasteiger partial charge in [0.2, 0.25) is 5.91 Å². The molecule has 0 N–H and O–H groups in total. The van der Waals surface area contributed by atoms with Gasteiger partial charge in [-0.2, -0.15) is 0 Å². The second-order valence-electron chi connectivity index (χ2n) is 6.69. The highest BCUT2D eigenvalue weighted by Crippen LogP contribution is 2.35. The van der Waals surface area contributed by atoms with Crippen LogP contribution in [-0.4, -0.2) is 61.7 Å². The maximum atomic E-state index is 12.6. The van der Waals surface area contributed by atoms with Gasteiger partial charge in [-0.1, -0.05) is 18.2 Å². The van der Waals surface area contributed by atoms with Crippen LogP contribution in [0.1, 0.15) is 24.8 Å². The molecular formula is C18H26N2O3. The monoisotopic (exact) mass is 318 g/mol. The van der Waals surface area contributed by atoms with E-state index >= 15 is 0 Å². The summed E-state index contributed by atoms with van der Waals surface area (Å²) in [6, 6.07) is 8.09. The van der Waals surface area contributed by atoms with Gasteiger partial charge in [0.15, 0.2) is 0 Å². The molecule has 0 bridgehead atoms. The summed E-state index contributed by atoms with van der Waals surface area (Å²) in [4.78, 5) is 16.9. The molecule has 2 heterocycles. The van der Waals surface area contributed by atoms with Crippen molar-refractivity contribution < 1.29 is 14.3 Å². The minimum atomic E-state index is -0.262. The van der Waals surface area contributed by atoms with E-state index in [1.54, 1.807) is 7.11 Å². The third-order valence-corrected chi connectivity index (χ3v) is 4.91. The van der Waals surface area contributed by atoms with Crippen LogP contribution < -0.4 is 4.74 Å². The van der Waals surface area contributed by atoms with Gasteiger partial charge in [0.1, 0.15) is 11.4 Å². The molecule has 5 heteroatoms. The molecule has 1 spiro atoms. The van der Waals surface area contributed by atoms with Crippen LogP contribution in [0.5, 0.6) is 5.75 Å². The summed E-state index contributed by atoms with van der Waals surface area (Å²) in [5.74, 6) is 1.07. The number of amides is 1. The Labute approximate surface area is 138 Å². The molecular weight excluding hydrogens is 292 g/mol. The smallest absolute Gasteiger partial charge is 0.225 e. The van der Waals surface area contributed by atoms with Gasteiger partial charge in [0.25, 0.3) is 0 Å². The molecule has 3 rings (SSSR count). The second-order valence-corrected chi connectivity index (χ2v) is 6.69. The van der Waals surface area contributed by atoms with E-state index in [1.165, 1.54) is 0 Å². The SMILES string of the molecule is COCCC(=O)N1Cc2ccccc2OC2(CCN(C)CC2)C1. The number of methoxy groups -OCH3 is 1. The number of nitrogens with zero attached hydrogens (tertiary/aromatic N) is 2. The molecule has 1 amide bonds. The number of carbonyl (C=O) groups excluding carboxylic acids is 1. The van der Waals surface area contributed by atoms with E-state index < -0.39 is 0 Å². The molecule has 0 aliphatic carbocycles. The molecule has 0 aromatic heterocycles.